The monoisotopic (exact) mass is 292 g/mol. The van der Waals surface area contributed by atoms with Gasteiger partial charge in [0, 0.05) is 0 Å². The van der Waals surface area contributed by atoms with Crippen LogP contribution in [0.15, 0.2) is 29.8 Å². The number of nitrogens with one attached hydrogen (secondary N) is 2. The van der Waals surface area contributed by atoms with Crippen molar-refractivity contribution in [3.05, 3.63) is 35.4 Å². The highest BCUT2D eigenvalue weighted by molar-refractivity contribution is 7.80. The fourth-order valence-corrected chi connectivity index (χ4v) is 2.32. The molecule has 0 amide bonds. The van der Waals surface area contributed by atoms with Crippen molar-refractivity contribution >= 4 is 29.0 Å². The average Bonchev–Trinajstić information content (AvgIpc) is 2.38. The highest BCUT2D eigenvalue weighted by Gasteiger charge is 2.28. The minimum atomic E-state index is -0.384. The standard InChI is InChI=1S/C14H16N2O3S/c1-3-19-13(18)11-8(2)15-14(20)16-12(11)9-4-6-10(17)7-5-9/h4-8,17H,3H2,1-2H3,(H2,15,16,20). The highest BCUT2D eigenvalue weighted by Crippen LogP contribution is 2.24. The van der Waals surface area contributed by atoms with Gasteiger partial charge in [0.25, 0.3) is 0 Å². The molecule has 106 valence electrons. The molecule has 20 heavy (non-hydrogen) atoms. The molecule has 3 N–H and O–H groups in total. The van der Waals surface area contributed by atoms with Crippen LogP contribution in [0.2, 0.25) is 0 Å². The van der Waals surface area contributed by atoms with E-state index in [-0.39, 0.29) is 17.8 Å². The molecule has 1 aromatic rings. The largest absolute Gasteiger partial charge is 0.508 e. The molecule has 0 spiro atoms. The van der Waals surface area contributed by atoms with E-state index in [0.29, 0.717) is 23.0 Å². The number of phenolic OH excluding ortho intramolecular Hbond substituents is 1. The van der Waals surface area contributed by atoms with Crippen molar-refractivity contribution in [2.24, 2.45) is 0 Å². The van der Waals surface area contributed by atoms with E-state index in [0.717, 1.165) is 5.56 Å². The Morgan fingerprint density at radius 3 is 2.65 bits per heavy atom. The molecule has 2 rings (SSSR count). The van der Waals surface area contributed by atoms with Gasteiger partial charge in [-0.15, -0.1) is 0 Å². The lowest BCUT2D eigenvalue weighted by molar-refractivity contribution is -0.138. The van der Waals surface area contributed by atoms with Crippen molar-refractivity contribution in [2.75, 3.05) is 6.61 Å². The van der Waals surface area contributed by atoms with Gasteiger partial charge in [0.1, 0.15) is 5.75 Å². The molecule has 0 radical (unpaired) electrons. The topological polar surface area (TPSA) is 70.6 Å². The zero-order valence-corrected chi connectivity index (χ0v) is 12.1. The van der Waals surface area contributed by atoms with Gasteiger partial charge < -0.3 is 20.5 Å². The third kappa shape index (κ3) is 2.91. The first-order valence-electron chi connectivity index (χ1n) is 6.31. The van der Waals surface area contributed by atoms with Crippen LogP contribution in [-0.4, -0.2) is 28.8 Å². The molecule has 0 aliphatic carbocycles. The fourth-order valence-electron chi connectivity index (χ4n) is 2.05. The number of hydrogen-bond acceptors (Lipinski definition) is 4. The summed E-state index contributed by atoms with van der Waals surface area (Å²) in [4.78, 5) is 12.1. The summed E-state index contributed by atoms with van der Waals surface area (Å²) in [6, 6.07) is 6.31. The maximum atomic E-state index is 12.1. The van der Waals surface area contributed by atoms with Crippen LogP contribution in [0.25, 0.3) is 5.70 Å². The minimum absolute atomic E-state index is 0.164. The Morgan fingerprint density at radius 2 is 2.05 bits per heavy atom. The van der Waals surface area contributed by atoms with Crippen molar-refractivity contribution in [3.8, 4) is 5.75 Å². The van der Waals surface area contributed by atoms with Crippen LogP contribution in [-0.2, 0) is 9.53 Å². The first kappa shape index (κ1) is 14.3. The number of hydrogen-bond donors (Lipinski definition) is 3. The molecule has 0 aromatic heterocycles. The smallest absolute Gasteiger partial charge is 0.338 e. The number of carbonyl (C=O) groups is 1. The Labute approximate surface area is 122 Å². The Kier molecular flexibility index (Phi) is 4.24. The Hall–Kier alpha value is -2.08. The van der Waals surface area contributed by atoms with Crippen LogP contribution in [0, 0.1) is 0 Å². The minimum Gasteiger partial charge on any atom is -0.508 e. The van der Waals surface area contributed by atoms with E-state index in [1.165, 1.54) is 0 Å². The summed E-state index contributed by atoms with van der Waals surface area (Å²) < 4.78 is 5.09. The Morgan fingerprint density at radius 1 is 1.40 bits per heavy atom. The molecule has 6 heteroatoms. The van der Waals surface area contributed by atoms with Crippen molar-refractivity contribution in [1.29, 1.82) is 0 Å². The van der Waals surface area contributed by atoms with Crippen LogP contribution in [0.5, 0.6) is 5.75 Å². The second-order valence-corrected chi connectivity index (χ2v) is 4.78. The maximum absolute atomic E-state index is 12.1. The number of phenols is 1. The third-order valence-corrected chi connectivity index (χ3v) is 3.16. The van der Waals surface area contributed by atoms with E-state index in [1.54, 1.807) is 31.2 Å². The number of aromatic hydroxyl groups is 1. The molecule has 1 unspecified atom stereocenters. The number of carbonyl (C=O) groups excluding carboxylic acids is 1. The second kappa shape index (κ2) is 5.92. The average molecular weight is 292 g/mol. The van der Waals surface area contributed by atoms with E-state index in [1.807, 2.05) is 6.92 Å². The number of esters is 1. The maximum Gasteiger partial charge on any atom is 0.338 e. The molecule has 1 heterocycles. The molecule has 0 saturated heterocycles. The van der Waals surface area contributed by atoms with Crippen molar-refractivity contribution in [1.82, 2.24) is 10.6 Å². The molecule has 5 nitrogen and oxygen atoms in total. The van der Waals surface area contributed by atoms with Gasteiger partial charge in [0.2, 0.25) is 0 Å². The van der Waals surface area contributed by atoms with Crippen LogP contribution >= 0.6 is 12.2 Å². The van der Waals surface area contributed by atoms with Crippen molar-refractivity contribution < 1.29 is 14.6 Å². The molecular weight excluding hydrogens is 276 g/mol. The molecule has 1 aromatic carbocycles. The molecule has 1 aliphatic heterocycles. The summed E-state index contributed by atoms with van der Waals surface area (Å²) in [6.07, 6.45) is 0. The van der Waals surface area contributed by atoms with Crippen LogP contribution in [0.4, 0.5) is 0 Å². The Balaban J connectivity index is 2.50. The van der Waals surface area contributed by atoms with E-state index in [2.05, 4.69) is 10.6 Å². The van der Waals surface area contributed by atoms with Gasteiger partial charge in [-0.3, -0.25) is 0 Å². The first-order chi connectivity index (χ1) is 9.52. The normalized spacial score (nSPS) is 18.3. The van der Waals surface area contributed by atoms with Gasteiger partial charge in [-0.05, 0) is 55.9 Å². The van der Waals surface area contributed by atoms with Crippen molar-refractivity contribution in [2.45, 2.75) is 19.9 Å². The van der Waals surface area contributed by atoms with Crippen LogP contribution in [0.3, 0.4) is 0 Å². The van der Waals surface area contributed by atoms with Gasteiger partial charge in [-0.25, -0.2) is 4.79 Å². The lowest BCUT2D eigenvalue weighted by Gasteiger charge is -2.28. The lowest BCUT2D eigenvalue weighted by Crippen LogP contribution is -2.48. The van der Waals surface area contributed by atoms with Gasteiger partial charge in [-0.1, -0.05) is 0 Å². The number of rotatable bonds is 3. The van der Waals surface area contributed by atoms with Gasteiger partial charge >= 0.3 is 5.97 Å². The zero-order valence-electron chi connectivity index (χ0n) is 11.3. The number of benzene rings is 1. The van der Waals surface area contributed by atoms with Gasteiger partial charge in [-0.2, -0.15) is 0 Å². The SMILES string of the molecule is CCOC(=O)C1=C(c2ccc(O)cc2)NC(=S)NC1C. The predicted molar refractivity (Wildman–Crippen MR) is 80.0 cm³/mol. The van der Waals surface area contributed by atoms with E-state index >= 15 is 0 Å². The Bertz CT molecular complexity index is 566. The van der Waals surface area contributed by atoms with E-state index in [9.17, 15) is 9.90 Å². The van der Waals surface area contributed by atoms with E-state index in [4.69, 9.17) is 17.0 Å². The van der Waals surface area contributed by atoms with Gasteiger partial charge in [0.15, 0.2) is 5.11 Å². The summed E-state index contributed by atoms with van der Waals surface area (Å²) in [5.74, 6) is -0.220. The molecule has 0 saturated carbocycles. The van der Waals surface area contributed by atoms with Crippen LogP contribution < -0.4 is 10.6 Å². The summed E-state index contributed by atoms with van der Waals surface area (Å²) in [5.41, 5.74) is 1.87. The molecule has 1 aliphatic rings. The van der Waals surface area contributed by atoms with Crippen LogP contribution in [0.1, 0.15) is 19.4 Å². The summed E-state index contributed by atoms with van der Waals surface area (Å²) in [6.45, 7) is 3.92. The summed E-state index contributed by atoms with van der Waals surface area (Å²) in [7, 11) is 0. The third-order valence-electron chi connectivity index (χ3n) is 2.94. The second-order valence-electron chi connectivity index (χ2n) is 4.38. The summed E-state index contributed by atoms with van der Waals surface area (Å²) in [5, 5.41) is 15.8. The zero-order chi connectivity index (χ0) is 14.7. The highest BCUT2D eigenvalue weighted by atomic mass is 32.1. The molecule has 0 fully saturated rings. The molecular formula is C14H16N2O3S. The first-order valence-corrected chi connectivity index (χ1v) is 6.72. The number of thiocarbonyl (C=S) groups is 1. The summed E-state index contributed by atoms with van der Waals surface area (Å²) >= 11 is 5.13. The predicted octanol–water partition coefficient (Wildman–Crippen LogP) is 1.53. The number of ether oxygens (including phenoxy) is 1. The fraction of sp³-hybridized carbons (Fsp3) is 0.286. The molecule has 0 bridgehead atoms. The van der Waals surface area contributed by atoms with Gasteiger partial charge in [0.05, 0.1) is 23.9 Å². The molecule has 1 atom stereocenters. The lowest BCUT2D eigenvalue weighted by atomic mass is 9.99. The quantitative estimate of drug-likeness (QED) is 0.580. The van der Waals surface area contributed by atoms with E-state index < -0.39 is 0 Å². The van der Waals surface area contributed by atoms with Crippen molar-refractivity contribution in [3.63, 3.8) is 0 Å².